The average molecular weight is 483 g/mol. The first-order valence-corrected chi connectivity index (χ1v) is 12.5. The Bertz CT molecular complexity index is 1140. The van der Waals surface area contributed by atoms with E-state index in [1.54, 1.807) is 6.20 Å². The van der Waals surface area contributed by atoms with Crippen LogP contribution in [0.3, 0.4) is 0 Å². The molecule has 1 saturated carbocycles. The highest BCUT2D eigenvalue weighted by molar-refractivity contribution is 7.13. The van der Waals surface area contributed by atoms with Crippen LogP contribution in [0.5, 0.6) is 0 Å². The third-order valence-electron chi connectivity index (χ3n) is 6.24. The zero-order valence-corrected chi connectivity index (χ0v) is 19.4. The molecule has 6 rings (SSSR count). The molecule has 178 valence electrons. The van der Waals surface area contributed by atoms with Gasteiger partial charge in [-0.25, -0.2) is 4.98 Å². The van der Waals surface area contributed by atoms with Crippen molar-refractivity contribution < 1.29 is 9.53 Å². The van der Waals surface area contributed by atoms with E-state index in [-0.39, 0.29) is 11.9 Å². The number of thiazole rings is 1. The maximum absolute atomic E-state index is 13.0. The van der Waals surface area contributed by atoms with Crippen molar-refractivity contribution in [3.05, 3.63) is 23.3 Å². The fraction of sp³-hybridized carbons (Fsp3) is 0.524. The van der Waals surface area contributed by atoms with Gasteiger partial charge in [-0.2, -0.15) is 20.1 Å². The van der Waals surface area contributed by atoms with Gasteiger partial charge in [0.25, 0.3) is 0 Å². The smallest absolute Gasteiger partial charge is 0.248 e. The van der Waals surface area contributed by atoms with Gasteiger partial charge in [0.15, 0.2) is 10.9 Å². The monoisotopic (exact) mass is 482 g/mol. The number of ether oxygens (including phenoxy) is 1. The van der Waals surface area contributed by atoms with Crippen LogP contribution in [-0.4, -0.2) is 74.9 Å². The molecule has 0 radical (unpaired) electrons. The molecule has 1 amide bonds. The molecule has 0 spiro atoms. The lowest BCUT2D eigenvalue weighted by molar-refractivity contribution is -0.117. The number of hydrogen-bond acceptors (Lipinski definition) is 11. The predicted molar refractivity (Wildman–Crippen MR) is 128 cm³/mol. The van der Waals surface area contributed by atoms with Crippen LogP contribution in [0.1, 0.15) is 37.3 Å². The summed E-state index contributed by atoms with van der Waals surface area (Å²) in [7, 11) is 0. The Morgan fingerprint density at radius 3 is 2.76 bits per heavy atom. The zero-order valence-electron chi connectivity index (χ0n) is 18.6. The van der Waals surface area contributed by atoms with E-state index in [1.165, 1.54) is 24.2 Å². The molecule has 12 nitrogen and oxygen atoms in total. The Balaban J connectivity index is 1.28. The van der Waals surface area contributed by atoms with E-state index in [2.05, 4.69) is 35.7 Å². The number of amides is 1. The number of H-pyrrole nitrogens is 1. The number of morpholine rings is 1. The first-order chi connectivity index (χ1) is 16.7. The van der Waals surface area contributed by atoms with Gasteiger partial charge >= 0.3 is 0 Å². The molecule has 5 heterocycles. The van der Waals surface area contributed by atoms with E-state index in [9.17, 15) is 4.79 Å². The van der Waals surface area contributed by atoms with Crippen LogP contribution in [-0.2, 0) is 9.53 Å². The molecular weight excluding hydrogens is 456 g/mol. The minimum absolute atomic E-state index is 0.100. The van der Waals surface area contributed by atoms with Crippen molar-refractivity contribution >= 4 is 46.0 Å². The van der Waals surface area contributed by atoms with Crippen molar-refractivity contribution in [1.82, 2.24) is 30.1 Å². The van der Waals surface area contributed by atoms with Gasteiger partial charge in [-0.1, -0.05) is 0 Å². The van der Waals surface area contributed by atoms with Crippen molar-refractivity contribution in [3.63, 3.8) is 0 Å². The molecule has 13 heteroatoms. The highest BCUT2D eigenvalue weighted by atomic mass is 32.1. The molecule has 3 aromatic heterocycles. The summed E-state index contributed by atoms with van der Waals surface area (Å²) in [6.45, 7) is 3.33. The molecule has 0 aromatic carbocycles. The third-order valence-corrected chi connectivity index (χ3v) is 6.92. The van der Waals surface area contributed by atoms with Crippen molar-refractivity contribution in [1.29, 1.82) is 0 Å². The number of carbonyl (C=O) groups excluding carboxylic acids is 1. The van der Waals surface area contributed by atoms with Gasteiger partial charge < -0.3 is 25.2 Å². The molecule has 3 fully saturated rings. The number of hydrogen-bond donors (Lipinski definition) is 3. The molecule has 1 unspecified atom stereocenters. The van der Waals surface area contributed by atoms with E-state index >= 15 is 0 Å². The summed E-state index contributed by atoms with van der Waals surface area (Å²) in [4.78, 5) is 35.4. The van der Waals surface area contributed by atoms with Gasteiger partial charge in [-0.3, -0.25) is 9.89 Å². The van der Waals surface area contributed by atoms with Gasteiger partial charge in [-0.15, -0.1) is 11.3 Å². The number of aromatic amines is 1. The molecule has 3 N–H and O–H groups in total. The Hall–Kier alpha value is -3.32. The molecular formula is C21H26N10O2S. The van der Waals surface area contributed by atoms with Gasteiger partial charge in [0.05, 0.1) is 13.2 Å². The van der Waals surface area contributed by atoms with Crippen molar-refractivity contribution in [2.75, 3.05) is 53.3 Å². The second kappa shape index (κ2) is 9.14. The standard InChI is InChI=1S/C21H26N10O2S/c32-17(24-21-22-5-11-34-21)15-2-1-6-31(15)20-26-18(23-16-12-14(28-29-16)13-3-4-13)25-19(27-20)30-7-9-33-10-8-30/h5,11-13,15H,1-4,6-10H2,(H,22,24,32)(H2,23,25,26,27,28,29). The zero-order chi connectivity index (χ0) is 22.9. The summed E-state index contributed by atoms with van der Waals surface area (Å²) < 4.78 is 5.50. The van der Waals surface area contributed by atoms with E-state index in [0.29, 0.717) is 67.6 Å². The number of carbonyl (C=O) groups is 1. The second-order valence-corrected chi connectivity index (χ2v) is 9.54. The normalized spacial score (nSPS) is 20.5. The van der Waals surface area contributed by atoms with E-state index < -0.39 is 0 Å². The second-order valence-electron chi connectivity index (χ2n) is 8.64. The van der Waals surface area contributed by atoms with Gasteiger partial charge in [0.1, 0.15) is 6.04 Å². The van der Waals surface area contributed by atoms with Crippen molar-refractivity contribution in [2.45, 2.75) is 37.6 Å². The minimum Gasteiger partial charge on any atom is -0.378 e. The maximum Gasteiger partial charge on any atom is 0.248 e. The quantitative estimate of drug-likeness (QED) is 0.459. The number of nitrogens with zero attached hydrogens (tertiary/aromatic N) is 7. The summed E-state index contributed by atoms with van der Waals surface area (Å²) in [5, 5.41) is 16.0. The molecule has 2 aliphatic heterocycles. The van der Waals surface area contributed by atoms with Crippen LogP contribution in [0.2, 0.25) is 0 Å². The molecule has 3 aromatic rings. The number of rotatable bonds is 7. The SMILES string of the molecule is O=C(Nc1nccs1)C1CCCN1c1nc(Nc2cc(C3CC3)[nH]n2)nc(N2CCOCC2)n1. The number of nitrogens with one attached hydrogen (secondary N) is 3. The van der Waals surface area contributed by atoms with E-state index in [0.717, 1.165) is 18.5 Å². The maximum atomic E-state index is 13.0. The third kappa shape index (κ3) is 4.53. The highest BCUT2D eigenvalue weighted by Crippen LogP contribution is 2.39. The van der Waals surface area contributed by atoms with Gasteiger partial charge in [0.2, 0.25) is 23.8 Å². The van der Waals surface area contributed by atoms with E-state index in [1.807, 2.05) is 16.3 Å². The fourth-order valence-electron chi connectivity index (χ4n) is 4.31. The number of anilines is 5. The molecule has 34 heavy (non-hydrogen) atoms. The minimum atomic E-state index is -0.372. The molecule has 3 aliphatic rings. The molecule has 0 bridgehead atoms. The molecule has 1 atom stereocenters. The molecule has 2 saturated heterocycles. The first kappa shape index (κ1) is 21.2. The van der Waals surface area contributed by atoms with Crippen LogP contribution in [0.15, 0.2) is 17.6 Å². The van der Waals surface area contributed by atoms with Gasteiger partial charge in [0, 0.05) is 48.9 Å². The number of aromatic nitrogens is 6. The summed E-state index contributed by atoms with van der Waals surface area (Å²) >= 11 is 1.40. The van der Waals surface area contributed by atoms with Crippen molar-refractivity contribution in [2.24, 2.45) is 0 Å². The van der Waals surface area contributed by atoms with Crippen LogP contribution >= 0.6 is 11.3 Å². The first-order valence-electron chi connectivity index (χ1n) is 11.6. The van der Waals surface area contributed by atoms with E-state index in [4.69, 9.17) is 14.7 Å². The molecule has 1 aliphatic carbocycles. The lowest BCUT2D eigenvalue weighted by Gasteiger charge is -2.29. The summed E-state index contributed by atoms with van der Waals surface area (Å²) in [5.74, 6) is 2.60. The Morgan fingerprint density at radius 2 is 1.97 bits per heavy atom. The summed E-state index contributed by atoms with van der Waals surface area (Å²) in [5.41, 5.74) is 1.13. The van der Waals surface area contributed by atoms with Crippen LogP contribution < -0.4 is 20.4 Å². The largest absolute Gasteiger partial charge is 0.378 e. The fourth-order valence-corrected chi connectivity index (χ4v) is 4.85. The lowest BCUT2D eigenvalue weighted by Crippen LogP contribution is -2.41. The topological polar surface area (TPSA) is 137 Å². The Morgan fingerprint density at radius 1 is 1.12 bits per heavy atom. The summed E-state index contributed by atoms with van der Waals surface area (Å²) in [6, 6.07) is 1.64. The predicted octanol–water partition coefficient (Wildman–Crippen LogP) is 2.12. The Kier molecular flexibility index (Phi) is 5.71. The van der Waals surface area contributed by atoms with Crippen LogP contribution in [0, 0.1) is 0 Å². The van der Waals surface area contributed by atoms with Crippen LogP contribution in [0.4, 0.5) is 28.8 Å². The van der Waals surface area contributed by atoms with Crippen molar-refractivity contribution in [3.8, 4) is 0 Å². The highest BCUT2D eigenvalue weighted by Gasteiger charge is 2.34. The Labute approximate surface area is 200 Å². The van der Waals surface area contributed by atoms with Crippen LogP contribution in [0.25, 0.3) is 0 Å². The lowest BCUT2D eigenvalue weighted by atomic mass is 10.2. The average Bonchev–Trinajstić information content (AvgIpc) is 3.23. The van der Waals surface area contributed by atoms with Gasteiger partial charge in [-0.05, 0) is 25.7 Å². The summed E-state index contributed by atoms with van der Waals surface area (Å²) in [6.07, 6.45) is 5.66.